The third-order valence-electron chi connectivity index (χ3n) is 2.54. The average Bonchev–Trinajstić information content (AvgIpc) is 2.41. The van der Waals surface area contributed by atoms with Crippen LogP contribution < -0.4 is 0 Å². The van der Waals surface area contributed by atoms with E-state index < -0.39 is 4.92 Å². The molecule has 2 aromatic rings. The normalized spacial score (nSPS) is 9.68. The van der Waals surface area contributed by atoms with Crippen molar-refractivity contribution in [2.24, 2.45) is 5.11 Å². The summed E-state index contributed by atoms with van der Waals surface area (Å²) in [5.74, 6) is -0.122. The van der Waals surface area contributed by atoms with Gasteiger partial charge in [-0.2, -0.15) is 0 Å². The van der Waals surface area contributed by atoms with Gasteiger partial charge in [0.25, 0.3) is 5.69 Å². The molecule has 0 saturated heterocycles. The Hall–Kier alpha value is -3.05. The van der Waals surface area contributed by atoms with Gasteiger partial charge in [-0.15, -0.1) is 0 Å². The first-order chi connectivity index (χ1) is 9.11. The van der Waals surface area contributed by atoms with E-state index in [-0.39, 0.29) is 17.1 Å². The number of phenolic OH excluding ortho intramolecular Hbond substituents is 1. The predicted octanol–water partition coefficient (Wildman–Crippen LogP) is 3.91. The predicted molar refractivity (Wildman–Crippen MR) is 69.0 cm³/mol. The quantitative estimate of drug-likeness (QED) is 0.295. The molecule has 94 valence electrons. The van der Waals surface area contributed by atoms with Crippen LogP contribution in [0.15, 0.2) is 47.6 Å². The summed E-state index contributed by atoms with van der Waals surface area (Å²) in [7, 11) is 0. The number of hydrogen-bond acceptors (Lipinski definition) is 4. The number of benzene rings is 2. The smallest absolute Gasteiger partial charge is 0.269 e. The maximum Gasteiger partial charge on any atom is 0.269 e. The van der Waals surface area contributed by atoms with Crippen molar-refractivity contribution in [2.75, 3.05) is 0 Å². The summed E-state index contributed by atoms with van der Waals surface area (Å²) in [6, 6.07) is 10.5. The van der Waals surface area contributed by atoms with Gasteiger partial charge in [-0.25, -0.2) is 0 Å². The van der Waals surface area contributed by atoms with Crippen molar-refractivity contribution < 1.29 is 10.0 Å². The fourth-order valence-electron chi connectivity index (χ4n) is 1.61. The Morgan fingerprint density at radius 1 is 1.16 bits per heavy atom. The highest BCUT2D eigenvalue weighted by Gasteiger charge is 2.07. The van der Waals surface area contributed by atoms with Crippen molar-refractivity contribution >= 4 is 11.4 Å². The van der Waals surface area contributed by atoms with Crippen LogP contribution in [0.5, 0.6) is 5.75 Å². The molecular formula is C12H8N4O3. The van der Waals surface area contributed by atoms with Crippen molar-refractivity contribution in [3.63, 3.8) is 0 Å². The van der Waals surface area contributed by atoms with Crippen LogP contribution in [0.3, 0.4) is 0 Å². The number of nitro benzene ring substituents is 1. The highest BCUT2D eigenvalue weighted by molar-refractivity contribution is 5.70. The zero-order valence-electron chi connectivity index (χ0n) is 9.59. The Labute approximate surface area is 107 Å². The number of azide groups is 1. The van der Waals surface area contributed by atoms with Crippen molar-refractivity contribution in [1.29, 1.82) is 0 Å². The largest absolute Gasteiger partial charge is 0.507 e. The molecule has 2 rings (SSSR count). The molecule has 0 fully saturated rings. The van der Waals surface area contributed by atoms with E-state index >= 15 is 0 Å². The fourth-order valence-corrected chi connectivity index (χ4v) is 1.61. The third-order valence-corrected chi connectivity index (χ3v) is 2.54. The van der Waals surface area contributed by atoms with Crippen molar-refractivity contribution in [3.05, 3.63) is 63.0 Å². The molecule has 0 unspecified atom stereocenters. The van der Waals surface area contributed by atoms with Gasteiger partial charge in [0, 0.05) is 17.0 Å². The van der Waals surface area contributed by atoms with Crippen LogP contribution in [-0.4, -0.2) is 10.0 Å². The highest BCUT2D eigenvalue weighted by Crippen LogP contribution is 2.32. The van der Waals surface area contributed by atoms with Crippen LogP contribution in [0.1, 0.15) is 0 Å². The lowest BCUT2D eigenvalue weighted by molar-refractivity contribution is -0.384. The number of rotatable bonds is 3. The number of non-ortho nitro benzene ring substituents is 1. The van der Waals surface area contributed by atoms with E-state index in [4.69, 9.17) is 5.53 Å². The van der Waals surface area contributed by atoms with Gasteiger partial charge < -0.3 is 5.11 Å². The Morgan fingerprint density at radius 2 is 1.79 bits per heavy atom. The third kappa shape index (κ3) is 2.62. The first-order valence-corrected chi connectivity index (χ1v) is 5.25. The van der Waals surface area contributed by atoms with Crippen LogP contribution in [0.4, 0.5) is 11.4 Å². The number of hydrogen-bond donors (Lipinski definition) is 1. The zero-order valence-corrected chi connectivity index (χ0v) is 9.59. The highest BCUT2D eigenvalue weighted by atomic mass is 16.6. The molecule has 7 heteroatoms. The number of nitrogens with zero attached hydrogens (tertiary/aromatic N) is 4. The molecule has 19 heavy (non-hydrogen) atoms. The lowest BCUT2D eigenvalue weighted by Gasteiger charge is -2.04. The Balaban J connectivity index is 2.44. The van der Waals surface area contributed by atoms with Gasteiger partial charge in [0.2, 0.25) is 0 Å². The lowest BCUT2D eigenvalue weighted by atomic mass is 10.0. The number of phenols is 1. The molecule has 2 aromatic carbocycles. The first-order valence-electron chi connectivity index (χ1n) is 5.25. The molecule has 7 nitrogen and oxygen atoms in total. The van der Waals surface area contributed by atoms with E-state index in [2.05, 4.69) is 10.0 Å². The van der Waals surface area contributed by atoms with Crippen molar-refractivity contribution in [1.82, 2.24) is 0 Å². The molecule has 1 N–H and O–H groups in total. The second kappa shape index (κ2) is 5.07. The summed E-state index contributed by atoms with van der Waals surface area (Å²) in [6.07, 6.45) is 0. The standard InChI is InChI=1S/C12H8N4O3/c13-15-14-11-7-9(3-6-12(11)17)8-1-4-10(5-2-8)16(18)19/h1-7,17H. The molecule has 0 amide bonds. The van der Waals surface area contributed by atoms with Crippen molar-refractivity contribution in [2.45, 2.75) is 0 Å². The maximum absolute atomic E-state index is 10.6. The monoisotopic (exact) mass is 256 g/mol. The molecule has 0 aliphatic carbocycles. The summed E-state index contributed by atoms with van der Waals surface area (Å²) in [5.41, 5.74) is 9.89. The summed E-state index contributed by atoms with van der Waals surface area (Å²) in [5, 5.41) is 23.4. The Kier molecular flexibility index (Phi) is 3.31. The molecule has 0 radical (unpaired) electrons. The van der Waals surface area contributed by atoms with Crippen molar-refractivity contribution in [3.8, 4) is 16.9 Å². The Bertz CT molecular complexity index is 676. The van der Waals surface area contributed by atoms with E-state index in [1.54, 1.807) is 18.2 Å². The minimum atomic E-state index is -0.480. The van der Waals surface area contributed by atoms with Crippen LogP contribution in [0.25, 0.3) is 21.6 Å². The van der Waals surface area contributed by atoms with E-state index in [0.29, 0.717) is 5.56 Å². The molecule has 0 saturated carbocycles. The zero-order chi connectivity index (χ0) is 13.8. The molecule has 0 aliphatic rings. The van der Waals surface area contributed by atoms with Gasteiger partial charge in [0.1, 0.15) is 5.75 Å². The molecular weight excluding hydrogens is 248 g/mol. The SMILES string of the molecule is [N-]=[N+]=Nc1cc(-c2ccc([N+](=O)[O-])cc2)ccc1O. The van der Waals surface area contributed by atoms with Gasteiger partial charge in [-0.3, -0.25) is 10.1 Å². The van der Waals surface area contributed by atoms with Crippen LogP contribution in [0, 0.1) is 10.1 Å². The van der Waals surface area contributed by atoms with E-state index in [0.717, 1.165) is 5.56 Å². The lowest BCUT2D eigenvalue weighted by Crippen LogP contribution is -1.87. The molecule has 0 heterocycles. The molecule has 0 spiro atoms. The van der Waals surface area contributed by atoms with E-state index in [9.17, 15) is 15.2 Å². The van der Waals surface area contributed by atoms with Gasteiger partial charge >= 0.3 is 0 Å². The van der Waals surface area contributed by atoms with Gasteiger partial charge in [0.15, 0.2) is 0 Å². The molecule has 0 aliphatic heterocycles. The van der Waals surface area contributed by atoms with Gasteiger partial charge in [0.05, 0.1) is 10.6 Å². The number of aromatic hydroxyl groups is 1. The fraction of sp³-hybridized carbons (Fsp3) is 0. The van der Waals surface area contributed by atoms with Gasteiger partial charge in [-0.1, -0.05) is 11.2 Å². The average molecular weight is 256 g/mol. The summed E-state index contributed by atoms with van der Waals surface area (Å²) in [6.45, 7) is 0. The molecule has 0 aromatic heterocycles. The minimum absolute atomic E-state index is 0.00204. The Morgan fingerprint density at radius 3 is 2.37 bits per heavy atom. The first kappa shape index (κ1) is 12.4. The second-order valence-corrected chi connectivity index (χ2v) is 3.70. The summed E-state index contributed by atoms with van der Waals surface area (Å²) >= 11 is 0. The van der Waals surface area contributed by atoms with E-state index in [1.165, 1.54) is 24.3 Å². The summed E-state index contributed by atoms with van der Waals surface area (Å²) in [4.78, 5) is 12.7. The molecule has 0 bridgehead atoms. The second-order valence-electron chi connectivity index (χ2n) is 3.70. The van der Waals surface area contributed by atoms with Gasteiger partial charge in [-0.05, 0) is 40.9 Å². The van der Waals surface area contributed by atoms with E-state index in [1.807, 2.05) is 0 Å². The van der Waals surface area contributed by atoms with Crippen LogP contribution in [-0.2, 0) is 0 Å². The van der Waals surface area contributed by atoms with Crippen LogP contribution in [0.2, 0.25) is 0 Å². The maximum atomic E-state index is 10.6. The number of nitro groups is 1. The summed E-state index contributed by atoms with van der Waals surface area (Å²) < 4.78 is 0. The minimum Gasteiger partial charge on any atom is -0.507 e. The topological polar surface area (TPSA) is 112 Å². The van der Waals surface area contributed by atoms with Crippen LogP contribution >= 0.6 is 0 Å². The molecule has 0 atom stereocenters.